The minimum Gasteiger partial charge on any atom is -0.507 e. The van der Waals surface area contributed by atoms with Crippen molar-refractivity contribution in [1.82, 2.24) is 4.98 Å². The van der Waals surface area contributed by atoms with Crippen LogP contribution in [-0.2, 0) is 9.59 Å². The van der Waals surface area contributed by atoms with Crippen LogP contribution in [0.4, 0.5) is 5.69 Å². The third-order valence-corrected chi connectivity index (χ3v) is 5.56. The summed E-state index contributed by atoms with van der Waals surface area (Å²) in [5.74, 6) is -1.80. The molecule has 8 nitrogen and oxygen atoms in total. The lowest BCUT2D eigenvalue weighted by molar-refractivity contribution is -0.132. The molecule has 1 aliphatic rings. The number of amides is 1. The van der Waals surface area contributed by atoms with Crippen molar-refractivity contribution in [2.24, 2.45) is 0 Å². The maximum atomic E-state index is 13.2. The van der Waals surface area contributed by atoms with Gasteiger partial charge in [-0.2, -0.15) is 0 Å². The summed E-state index contributed by atoms with van der Waals surface area (Å²) < 4.78 is 10.6. The summed E-state index contributed by atoms with van der Waals surface area (Å²) in [6.45, 7) is 0. The highest BCUT2D eigenvalue weighted by Crippen LogP contribution is 2.46. The Bertz CT molecular complexity index is 1280. The molecule has 0 saturated carbocycles. The van der Waals surface area contributed by atoms with E-state index < -0.39 is 23.5 Å². The fraction of sp³-hybridized carbons (Fsp3) is 0.125. The third kappa shape index (κ3) is 3.85. The van der Waals surface area contributed by atoms with Crippen LogP contribution in [0.25, 0.3) is 5.76 Å². The number of benzene rings is 2. The number of aliphatic hydroxyl groups excluding tert-OH is 1. The lowest BCUT2D eigenvalue weighted by Gasteiger charge is -2.26. The predicted octanol–water partition coefficient (Wildman–Crippen LogP) is 4.08. The number of hydrogen-bond acceptors (Lipinski definition) is 7. The van der Waals surface area contributed by atoms with E-state index in [0.717, 1.165) is 4.90 Å². The van der Waals surface area contributed by atoms with Gasteiger partial charge in [-0.25, -0.2) is 0 Å². The van der Waals surface area contributed by atoms with Crippen LogP contribution >= 0.6 is 11.6 Å². The third-order valence-electron chi connectivity index (χ3n) is 5.33. The zero-order chi connectivity index (χ0) is 23.7. The smallest absolute Gasteiger partial charge is 0.300 e. The van der Waals surface area contributed by atoms with Crippen molar-refractivity contribution in [2.45, 2.75) is 6.04 Å². The predicted molar refractivity (Wildman–Crippen MR) is 122 cm³/mol. The van der Waals surface area contributed by atoms with Crippen LogP contribution in [0.1, 0.15) is 17.2 Å². The molecule has 9 heteroatoms. The van der Waals surface area contributed by atoms with Crippen LogP contribution in [0, 0.1) is 0 Å². The first-order valence-corrected chi connectivity index (χ1v) is 10.2. The molecule has 2 heterocycles. The fourth-order valence-corrected chi connectivity index (χ4v) is 3.94. The van der Waals surface area contributed by atoms with Crippen molar-refractivity contribution in [1.29, 1.82) is 0 Å². The largest absolute Gasteiger partial charge is 0.507 e. The number of carbonyl (C=O) groups is 2. The topological polar surface area (TPSA) is 109 Å². The Kier molecular flexibility index (Phi) is 5.93. The maximum absolute atomic E-state index is 13.2. The Morgan fingerprint density at radius 3 is 2.42 bits per heavy atom. The first-order chi connectivity index (χ1) is 15.9. The average molecular weight is 467 g/mol. The van der Waals surface area contributed by atoms with Gasteiger partial charge in [-0.1, -0.05) is 11.6 Å². The van der Waals surface area contributed by atoms with Gasteiger partial charge in [0.2, 0.25) is 0 Å². The number of halogens is 1. The summed E-state index contributed by atoms with van der Waals surface area (Å²) in [4.78, 5) is 31.5. The molecule has 0 bridgehead atoms. The lowest BCUT2D eigenvalue weighted by Crippen LogP contribution is -2.29. The van der Waals surface area contributed by atoms with Gasteiger partial charge in [-0.3, -0.25) is 19.5 Å². The highest BCUT2D eigenvalue weighted by Gasteiger charge is 2.48. The van der Waals surface area contributed by atoms with E-state index in [1.807, 2.05) is 0 Å². The van der Waals surface area contributed by atoms with Crippen LogP contribution in [0.15, 0.2) is 66.5 Å². The summed E-state index contributed by atoms with van der Waals surface area (Å²) >= 11 is 6.10. The molecule has 1 fully saturated rings. The molecule has 0 aliphatic carbocycles. The van der Waals surface area contributed by atoms with E-state index in [-0.39, 0.29) is 33.3 Å². The van der Waals surface area contributed by atoms with Crippen molar-refractivity contribution < 1.29 is 29.3 Å². The minimum absolute atomic E-state index is 0.0344. The molecule has 1 unspecified atom stereocenters. The molecule has 1 aromatic heterocycles. The van der Waals surface area contributed by atoms with E-state index in [0.29, 0.717) is 11.3 Å². The Morgan fingerprint density at radius 2 is 1.76 bits per heavy atom. The monoisotopic (exact) mass is 466 g/mol. The highest BCUT2D eigenvalue weighted by molar-refractivity contribution is 6.52. The molecule has 0 radical (unpaired) electrons. The van der Waals surface area contributed by atoms with Crippen LogP contribution < -0.4 is 14.4 Å². The number of hydrogen-bond donors (Lipinski definition) is 2. The van der Waals surface area contributed by atoms with Crippen molar-refractivity contribution in [2.75, 3.05) is 19.1 Å². The van der Waals surface area contributed by atoms with Crippen molar-refractivity contribution in [3.05, 3.63) is 82.6 Å². The van der Waals surface area contributed by atoms with Crippen molar-refractivity contribution >= 4 is 34.7 Å². The van der Waals surface area contributed by atoms with Gasteiger partial charge in [0.25, 0.3) is 11.7 Å². The molecule has 33 heavy (non-hydrogen) atoms. The Hall–Kier alpha value is -4.04. The molecule has 168 valence electrons. The van der Waals surface area contributed by atoms with E-state index in [1.54, 1.807) is 24.3 Å². The second kappa shape index (κ2) is 8.84. The maximum Gasteiger partial charge on any atom is 0.300 e. The molecule has 1 saturated heterocycles. The van der Waals surface area contributed by atoms with E-state index in [4.69, 9.17) is 21.1 Å². The number of ketones is 1. The fourth-order valence-electron chi connectivity index (χ4n) is 3.77. The van der Waals surface area contributed by atoms with Crippen LogP contribution in [0.2, 0.25) is 5.02 Å². The molecule has 1 amide bonds. The standard InChI is InChI=1S/C24H19ClN2O6/c1-32-15-4-5-16(19(12-15)33-2)22(29)20-21(13-7-9-26-10-8-13)27(24(31)23(20)30)17-11-14(25)3-6-18(17)28/h3-12,21,28-29H,1-2H3/b22-20-. The van der Waals surface area contributed by atoms with E-state index in [1.165, 1.54) is 50.9 Å². The summed E-state index contributed by atoms with van der Waals surface area (Å²) in [5, 5.41) is 22.0. The van der Waals surface area contributed by atoms with Gasteiger partial charge in [-0.15, -0.1) is 0 Å². The first kappa shape index (κ1) is 22.2. The number of pyridine rings is 1. The van der Waals surface area contributed by atoms with Gasteiger partial charge in [-0.05, 0) is 48.0 Å². The molecule has 0 spiro atoms. The Balaban J connectivity index is 1.98. The molecular formula is C24H19ClN2O6. The van der Waals surface area contributed by atoms with Crippen LogP contribution in [-0.4, -0.2) is 41.1 Å². The summed E-state index contributed by atoms with van der Waals surface area (Å²) in [5.41, 5.74) is 0.560. The number of nitrogens with zero attached hydrogens (tertiary/aromatic N) is 2. The van der Waals surface area contributed by atoms with Crippen LogP contribution in [0.5, 0.6) is 17.2 Å². The van der Waals surface area contributed by atoms with Gasteiger partial charge in [0.05, 0.1) is 37.1 Å². The highest BCUT2D eigenvalue weighted by atomic mass is 35.5. The quantitative estimate of drug-likeness (QED) is 0.331. The molecule has 4 rings (SSSR count). The van der Waals surface area contributed by atoms with E-state index >= 15 is 0 Å². The summed E-state index contributed by atoms with van der Waals surface area (Å²) in [6, 6.07) is 11.0. The number of rotatable bonds is 5. The molecule has 2 aromatic carbocycles. The number of aromatic hydroxyl groups is 1. The number of ether oxygens (including phenoxy) is 2. The Labute approximate surface area is 194 Å². The molecule has 3 aromatic rings. The summed E-state index contributed by atoms with van der Waals surface area (Å²) in [6.07, 6.45) is 3.00. The second-order valence-corrected chi connectivity index (χ2v) is 7.59. The van der Waals surface area contributed by atoms with E-state index in [9.17, 15) is 19.8 Å². The van der Waals surface area contributed by atoms with Gasteiger partial charge >= 0.3 is 0 Å². The molecule has 1 aliphatic heterocycles. The minimum atomic E-state index is -1.05. The zero-order valence-corrected chi connectivity index (χ0v) is 18.4. The number of carbonyl (C=O) groups excluding carboxylic acids is 2. The Morgan fingerprint density at radius 1 is 1.03 bits per heavy atom. The number of phenolic OH excluding ortho intramolecular Hbond substituents is 1. The average Bonchev–Trinajstić information content (AvgIpc) is 3.10. The van der Waals surface area contributed by atoms with Gasteiger partial charge in [0.15, 0.2) is 0 Å². The second-order valence-electron chi connectivity index (χ2n) is 7.15. The number of anilines is 1. The number of aliphatic hydroxyl groups is 1. The van der Waals surface area contributed by atoms with Crippen molar-refractivity contribution in [3.8, 4) is 17.2 Å². The molecule has 1 atom stereocenters. The normalized spacial score (nSPS) is 17.3. The van der Waals surface area contributed by atoms with Gasteiger partial charge < -0.3 is 19.7 Å². The SMILES string of the molecule is COc1ccc(/C(O)=C2/C(=O)C(=O)N(c3cc(Cl)ccc3O)C2c2ccncc2)c(OC)c1. The van der Waals surface area contributed by atoms with Crippen LogP contribution in [0.3, 0.4) is 0 Å². The number of methoxy groups -OCH3 is 2. The number of aromatic nitrogens is 1. The molecular weight excluding hydrogens is 448 g/mol. The summed E-state index contributed by atoms with van der Waals surface area (Å²) in [7, 11) is 2.90. The van der Waals surface area contributed by atoms with Gasteiger partial charge in [0, 0.05) is 23.5 Å². The molecule has 2 N–H and O–H groups in total. The zero-order valence-electron chi connectivity index (χ0n) is 17.7. The van der Waals surface area contributed by atoms with E-state index in [2.05, 4.69) is 4.98 Å². The van der Waals surface area contributed by atoms with Crippen molar-refractivity contribution in [3.63, 3.8) is 0 Å². The number of Topliss-reactive ketones (excluding diaryl/α,β-unsaturated/α-hetero) is 1. The first-order valence-electron chi connectivity index (χ1n) is 9.79. The van der Waals surface area contributed by atoms with Gasteiger partial charge in [0.1, 0.15) is 23.0 Å². The lowest BCUT2D eigenvalue weighted by atomic mass is 9.95. The number of phenols is 1.